The Kier molecular flexibility index (Phi) is 7.58. The maximum Gasteiger partial charge on any atom is 0.251 e. The summed E-state index contributed by atoms with van der Waals surface area (Å²) in [6.07, 6.45) is 0.866. The third kappa shape index (κ3) is 5.82. The lowest BCUT2D eigenvalue weighted by Gasteiger charge is -2.20. The quantitative estimate of drug-likeness (QED) is 0.483. The molecule has 0 bridgehead atoms. The van der Waals surface area contributed by atoms with Gasteiger partial charge >= 0.3 is 0 Å². The van der Waals surface area contributed by atoms with Gasteiger partial charge in [0.2, 0.25) is 0 Å². The number of carbonyl (C=O) groups excluding carboxylic acids is 2. The number of anilines is 2. The van der Waals surface area contributed by atoms with Gasteiger partial charge in [0.1, 0.15) is 0 Å². The summed E-state index contributed by atoms with van der Waals surface area (Å²) >= 11 is 0. The molecule has 2 rings (SSSR count). The number of amides is 2. The molecule has 0 saturated heterocycles. The van der Waals surface area contributed by atoms with E-state index in [0.717, 1.165) is 6.42 Å². The molecule has 149 valence electrons. The van der Waals surface area contributed by atoms with Crippen LogP contribution >= 0.6 is 0 Å². The first-order valence-corrected chi connectivity index (χ1v) is 9.57. The summed E-state index contributed by atoms with van der Waals surface area (Å²) in [4.78, 5) is 24.4. The summed E-state index contributed by atoms with van der Waals surface area (Å²) in [5.74, 6) is 6.32. The minimum Gasteiger partial charge on any atom is -0.352 e. The molecule has 0 aromatic heterocycles. The Balaban J connectivity index is 2.11. The summed E-state index contributed by atoms with van der Waals surface area (Å²) in [5.41, 5.74) is 2.32. The molecule has 1 radical (unpaired) electrons. The molecule has 0 spiro atoms. The molecule has 6 heteroatoms. The molecule has 0 heterocycles. The minimum atomic E-state index is -0.135. The van der Waals surface area contributed by atoms with E-state index in [2.05, 4.69) is 16.7 Å². The third-order valence-corrected chi connectivity index (χ3v) is 4.37. The van der Waals surface area contributed by atoms with Crippen LogP contribution in [0, 0.1) is 12.0 Å². The third-order valence-electron chi connectivity index (χ3n) is 4.37. The van der Waals surface area contributed by atoms with Crippen molar-refractivity contribution in [2.24, 2.45) is 11.8 Å². The number of hydrogen-bond acceptors (Lipinski definition) is 4. The van der Waals surface area contributed by atoms with E-state index in [9.17, 15) is 9.59 Å². The maximum atomic E-state index is 12.3. The van der Waals surface area contributed by atoms with Crippen LogP contribution in [0.3, 0.4) is 0 Å². The van der Waals surface area contributed by atoms with Gasteiger partial charge in [0.15, 0.2) is 0 Å². The maximum absolute atomic E-state index is 12.3. The van der Waals surface area contributed by atoms with Crippen LogP contribution in [0.25, 0.3) is 0 Å². The molecule has 0 aliphatic rings. The molecular formula is C22H29N4O2. The molecule has 0 aliphatic heterocycles. The molecular weight excluding hydrogens is 352 g/mol. The van der Waals surface area contributed by atoms with Crippen LogP contribution in [-0.4, -0.2) is 24.4 Å². The first kappa shape index (κ1) is 21.4. The summed E-state index contributed by atoms with van der Waals surface area (Å²) in [7, 11) is 0. The van der Waals surface area contributed by atoms with Crippen molar-refractivity contribution < 1.29 is 9.59 Å². The van der Waals surface area contributed by atoms with E-state index in [0.29, 0.717) is 35.0 Å². The minimum absolute atomic E-state index is 0.114. The fourth-order valence-corrected chi connectivity index (χ4v) is 2.45. The van der Waals surface area contributed by atoms with E-state index in [4.69, 9.17) is 5.84 Å². The highest BCUT2D eigenvalue weighted by Crippen LogP contribution is 2.23. The van der Waals surface area contributed by atoms with Gasteiger partial charge in [-0.05, 0) is 55.7 Å². The Bertz CT molecular complexity index is 802. The Morgan fingerprint density at radius 1 is 1.11 bits per heavy atom. The van der Waals surface area contributed by atoms with E-state index in [1.165, 1.54) is 5.01 Å². The van der Waals surface area contributed by atoms with Crippen molar-refractivity contribution in [1.82, 2.24) is 10.6 Å². The van der Waals surface area contributed by atoms with Crippen molar-refractivity contribution in [3.05, 3.63) is 59.7 Å². The average molecular weight is 382 g/mol. The van der Waals surface area contributed by atoms with Gasteiger partial charge in [0.05, 0.1) is 11.4 Å². The molecule has 1 unspecified atom stereocenters. The van der Waals surface area contributed by atoms with Crippen LogP contribution in [0.4, 0.5) is 11.4 Å². The highest BCUT2D eigenvalue weighted by Gasteiger charge is 2.12. The summed E-state index contributed by atoms with van der Waals surface area (Å²) < 4.78 is 0. The van der Waals surface area contributed by atoms with Crippen molar-refractivity contribution in [2.45, 2.75) is 40.2 Å². The lowest BCUT2D eigenvalue weighted by Crippen LogP contribution is -2.32. The van der Waals surface area contributed by atoms with Crippen molar-refractivity contribution in [3.63, 3.8) is 0 Å². The van der Waals surface area contributed by atoms with Crippen LogP contribution < -0.4 is 21.5 Å². The van der Waals surface area contributed by atoms with E-state index in [1.54, 1.807) is 36.4 Å². The van der Waals surface area contributed by atoms with Gasteiger partial charge in [-0.1, -0.05) is 26.8 Å². The summed E-state index contributed by atoms with van der Waals surface area (Å²) in [5, 5.41) is 7.25. The van der Waals surface area contributed by atoms with Crippen molar-refractivity contribution in [3.8, 4) is 0 Å². The fourth-order valence-electron chi connectivity index (χ4n) is 2.45. The van der Waals surface area contributed by atoms with Crippen molar-refractivity contribution in [2.75, 3.05) is 11.6 Å². The molecule has 2 aromatic carbocycles. The van der Waals surface area contributed by atoms with Gasteiger partial charge < -0.3 is 10.6 Å². The monoisotopic (exact) mass is 381 g/mol. The van der Waals surface area contributed by atoms with Gasteiger partial charge in [-0.3, -0.25) is 14.6 Å². The fraction of sp³-hybridized carbons (Fsp3) is 0.364. The number of nitrogens with two attached hydrogens (primary N) is 1. The van der Waals surface area contributed by atoms with Crippen molar-refractivity contribution in [1.29, 1.82) is 0 Å². The molecule has 4 N–H and O–H groups in total. The number of rotatable bonds is 8. The zero-order valence-electron chi connectivity index (χ0n) is 17.0. The van der Waals surface area contributed by atoms with Crippen LogP contribution in [0.5, 0.6) is 0 Å². The second kappa shape index (κ2) is 9.90. The molecule has 2 aromatic rings. The van der Waals surface area contributed by atoms with Gasteiger partial charge in [0.25, 0.3) is 11.8 Å². The van der Waals surface area contributed by atoms with Gasteiger partial charge in [-0.15, -0.1) is 0 Å². The lowest BCUT2D eigenvalue weighted by atomic mass is 10.1. The Morgan fingerprint density at radius 3 is 2.46 bits per heavy atom. The van der Waals surface area contributed by atoms with E-state index < -0.39 is 0 Å². The number of carbonyl (C=O) groups is 2. The Hall–Kier alpha value is -2.86. The largest absolute Gasteiger partial charge is 0.352 e. The highest BCUT2D eigenvalue weighted by molar-refractivity contribution is 5.96. The number of nitrogens with one attached hydrogen (secondary N) is 2. The second-order valence-electron chi connectivity index (χ2n) is 7.27. The number of hydrazine groups is 1. The number of hydrogen-bond donors (Lipinski definition) is 3. The molecule has 6 nitrogen and oxygen atoms in total. The Morgan fingerprint density at radius 2 is 1.86 bits per heavy atom. The zero-order chi connectivity index (χ0) is 20.7. The standard InChI is InChI=1S/C22H29N4O2/c1-5-16(4)25-22(28)17-9-11-19(12-10-17)26(23)20-8-6-7-18(13-20)21(27)24-14-15(2)3/h6-11,13,15-16H,5,14,23H2,1-4H3,(H,24,27)(H,25,28). The second-order valence-corrected chi connectivity index (χ2v) is 7.27. The smallest absolute Gasteiger partial charge is 0.251 e. The first-order chi connectivity index (χ1) is 13.3. The SMILES string of the molecule is CCC(C)NC(=O)c1c[c]c(N(N)c2cccc(C(=O)NCC(C)C)c2)cc1. The van der Waals surface area contributed by atoms with E-state index >= 15 is 0 Å². The average Bonchev–Trinajstić information content (AvgIpc) is 2.71. The number of nitrogens with zero attached hydrogens (tertiary/aromatic N) is 1. The lowest BCUT2D eigenvalue weighted by molar-refractivity contribution is 0.0934. The van der Waals surface area contributed by atoms with Crippen LogP contribution in [0.2, 0.25) is 0 Å². The molecule has 0 saturated carbocycles. The van der Waals surface area contributed by atoms with Crippen LogP contribution in [-0.2, 0) is 0 Å². The predicted octanol–water partition coefficient (Wildman–Crippen LogP) is 3.41. The van der Waals surface area contributed by atoms with Crippen LogP contribution in [0.1, 0.15) is 54.8 Å². The van der Waals surface area contributed by atoms with E-state index in [-0.39, 0.29) is 17.9 Å². The molecule has 28 heavy (non-hydrogen) atoms. The van der Waals surface area contributed by atoms with Gasteiger partial charge in [-0.2, -0.15) is 0 Å². The van der Waals surface area contributed by atoms with E-state index in [1.807, 2.05) is 33.8 Å². The highest BCUT2D eigenvalue weighted by atomic mass is 16.2. The number of benzene rings is 2. The first-order valence-electron chi connectivity index (χ1n) is 9.57. The van der Waals surface area contributed by atoms with Gasteiger partial charge in [0, 0.05) is 29.8 Å². The van der Waals surface area contributed by atoms with Gasteiger partial charge in [-0.25, -0.2) is 5.84 Å². The van der Waals surface area contributed by atoms with Crippen molar-refractivity contribution >= 4 is 23.2 Å². The molecule has 1 atom stereocenters. The zero-order valence-corrected chi connectivity index (χ0v) is 17.0. The topological polar surface area (TPSA) is 87.5 Å². The summed E-state index contributed by atoms with van der Waals surface area (Å²) in [6.45, 7) is 8.68. The molecule has 0 aliphatic carbocycles. The predicted molar refractivity (Wildman–Crippen MR) is 112 cm³/mol. The molecule has 2 amide bonds. The Labute approximate surface area is 167 Å². The molecule has 0 fully saturated rings. The summed E-state index contributed by atoms with van der Waals surface area (Å²) in [6, 6.07) is 15.3. The van der Waals surface area contributed by atoms with Crippen LogP contribution in [0.15, 0.2) is 42.5 Å². The normalized spacial score (nSPS) is 11.8.